The first kappa shape index (κ1) is 17.0. The maximum atomic E-state index is 12.8. The first-order valence-electron chi connectivity index (χ1n) is 7.09. The number of hydrogen-bond acceptors (Lipinski definition) is 4. The molecule has 7 heteroatoms. The average molecular weight is 364 g/mol. The number of thiophene rings is 1. The number of halogens is 3. The normalized spacial score (nSPS) is 11.5. The van der Waals surface area contributed by atoms with Crippen LogP contribution >= 0.6 is 11.3 Å². The van der Waals surface area contributed by atoms with Gasteiger partial charge in [-0.2, -0.15) is 13.2 Å². The van der Waals surface area contributed by atoms with Crippen molar-refractivity contribution >= 4 is 17.1 Å². The maximum absolute atomic E-state index is 12.8. The van der Waals surface area contributed by atoms with E-state index in [-0.39, 0.29) is 16.7 Å². The summed E-state index contributed by atoms with van der Waals surface area (Å²) in [5.74, 6) is -1.34. The molecule has 0 saturated heterocycles. The summed E-state index contributed by atoms with van der Waals surface area (Å²) in [5.41, 5.74) is -1.01. The smallest absolute Gasteiger partial charge is 0.416 e. The summed E-state index contributed by atoms with van der Waals surface area (Å²) in [6, 6.07) is 9.81. The van der Waals surface area contributed by atoms with Crippen molar-refractivity contribution in [2.45, 2.75) is 6.18 Å². The Hall–Kier alpha value is -2.80. The highest BCUT2D eigenvalue weighted by Gasteiger charge is 2.31. The highest BCUT2D eigenvalue weighted by Crippen LogP contribution is 2.41. The van der Waals surface area contributed by atoms with E-state index in [0.29, 0.717) is 4.88 Å². The van der Waals surface area contributed by atoms with E-state index < -0.39 is 29.0 Å². The minimum Gasteiger partial charge on any atom is -0.507 e. The number of rotatable bonds is 3. The molecule has 2 aromatic carbocycles. The molecule has 0 atom stereocenters. The van der Waals surface area contributed by atoms with Crippen molar-refractivity contribution in [3.8, 4) is 22.6 Å². The van der Waals surface area contributed by atoms with E-state index in [4.69, 9.17) is 0 Å². The predicted molar refractivity (Wildman–Crippen MR) is 88.0 cm³/mol. The van der Waals surface area contributed by atoms with Crippen LogP contribution in [0, 0.1) is 0 Å². The minimum absolute atomic E-state index is 0.0000485. The number of aromatic hydroxyl groups is 2. The van der Waals surface area contributed by atoms with Crippen molar-refractivity contribution in [3.05, 3.63) is 69.9 Å². The molecule has 1 aromatic heterocycles. The average Bonchev–Trinajstić information content (AvgIpc) is 3.07. The van der Waals surface area contributed by atoms with Gasteiger partial charge in [0.15, 0.2) is 0 Å². The number of carbonyl (C=O) groups is 1. The van der Waals surface area contributed by atoms with Gasteiger partial charge in [-0.15, -0.1) is 11.3 Å². The molecule has 25 heavy (non-hydrogen) atoms. The summed E-state index contributed by atoms with van der Waals surface area (Å²) in [5, 5.41) is 22.1. The molecule has 0 spiro atoms. The summed E-state index contributed by atoms with van der Waals surface area (Å²) in [6.45, 7) is 0. The van der Waals surface area contributed by atoms with Gasteiger partial charge in [-0.3, -0.25) is 4.79 Å². The summed E-state index contributed by atoms with van der Waals surface area (Å²) < 4.78 is 38.5. The molecule has 0 amide bonds. The fraction of sp³-hybridized carbons (Fsp3) is 0.0556. The molecule has 0 aliphatic rings. The standard InChI is InChI=1S/C18H11F3O3S/c19-18(20,21)12-4-1-3-10(7-12)16-13(22)8-11(9-14(16)23)17(24)15-5-2-6-25-15/h1-9,22-23H. The first-order chi connectivity index (χ1) is 11.8. The summed E-state index contributed by atoms with van der Waals surface area (Å²) in [4.78, 5) is 12.7. The van der Waals surface area contributed by atoms with Gasteiger partial charge in [-0.25, -0.2) is 0 Å². The van der Waals surface area contributed by atoms with Crippen molar-refractivity contribution in [3.63, 3.8) is 0 Å². The number of carbonyl (C=O) groups excluding carboxylic acids is 1. The molecule has 0 unspecified atom stereocenters. The van der Waals surface area contributed by atoms with Crippen LogP contribution in [0.2, 0.25) is 0 Å². The largest absolute Gasteiger partial charge is 0.507 e. The Balaban J connectivity index is 2.06. The lowest BCUT2D eigenvalue weighted by Crippen LogP contribution is -2.04. The van der Waals surface area contributed by atoms with Crippen LogP contribution in [0.5, 0.6) is 11.5 Å². The number of ketones is 1. The van der Waals surface area contributed by atoms with Crippen LogP contribution in [0.25, 0.3) is 11.1 Å². The van der Waals surface area contributed by atoms with Crippen LogP contribution in [0.4, 0.5) is 13.2 Å². The zero-order chi connectivity index (χ0) is 18.2. The molecule has 0 aliphatic carbocycles. The van der Waals surface area contributed by atoms with Gasteiger partial charge in [-0.05, 0) is 41.3 Å². The summed E-state index contributed by atoms with van der Waals surface area (Å²) >= 11 is 1.21. The molecule has 128 valence electrons. The van der Waals surface area contributed by atoms with Crippen molar-refractivity contribution in [1.82, 2.24) is 0 Å². The molecule has 0 bridgehead atoms. The molecule has 3 nitrogen and oxygen atoms in total. The van der Waals surface area contributed by atoms with Crippen LogP contribution < -0.4 is 0 Å². The number of phenols is 2. The molecule has 0 radical (unpaired) electrons. The lowest BCUT2D eigenvalue weighted by atomic mass is 9.98. The van der Waals surface area contributed by atoms with Crippen LogP contribution in [-0.2, 0) is 6.18 Å². The molecule has 0 saturated carbocycles. The third-order valence-corrected chi connectivity index (χ3v) is 4.45. The van der Waals surface area contributed by atoms with Crippen LogP contribution in [0.1, 0.15) is 20.8 Å². The SMILES string of the molecule is O=C(c1cc(O)c(-c2cccc(C(F)(F)F)c2)c(O)c1)c1cccs1. The molecule has 3 aromatic rings. The summed E-state index contributed by atoms with van der Waals surface area (Å²) in [7, 11) is 0. The molecule has 2 N–H and O–H groups in total. The maximum Gasteiger partial charge on any atom is 0.416 e. The Morgan fingerprint density at radius 1 is 0.960 bits per heavy atom. The second-order valence-electron chi connectivity index (χ2n) is 5.27. The van der Waals surface area contributed by atoms with Gasteiger partial charge in [0.05, 0.1) is 16.0 Å². The van der Waals surface area contributed by atoms with Crippen molar-refractivity contribution in [2.75, 3.05) is 0 Å². The van der Waals surface area contributed by atoms with Crippen LogP contribution in [0.3, 0.4) is 0 Å². The number of phenolic OH excluding ortho intramolecular Hbond substituents is 2. The minimum atomic E-state index is -4.55. The highest BCUT2D eigenvalue weighted by atomic mass is 32.1. The van der Waals surface area contributed by atoms with E-state index in [9.17, 15) is 28.2 Å². The van der Waals surface area contributed by atoms with Crippen molar-refractivity contribution in [1.29, 1.82) is 0 Å². The van der Waals surface area contributed by atoms with Gasteiger partial charge >= 0.3 is 6.18 Å². The number of hydrogen-bond donors (Lipinski definition) is 2. The van der Waals surface area contributed by atoms with E-state index in [2.05, 4.69) is 0 Å². The number of alkyl halides is 3. The van der Waals surface area contributed by atoms with E-state index in [1.807, 2.05) is 0 Å². The monoisotopic (exact) mass is 364 g/mol. The quantitative estimate of drug-likeness (QED) is 0.638. The topological polar surface area (TPSA) is 57.5 Å². The number of benzene rings is 2. The molecular formula is C18H11F3O3S. The van der Waals surface area contributed by atoms with E-state index >= 15 is 0 Å². The lowest BCUT2D eigenvalue weighted by Gasteiger charge is -2.12. The van der Waals surface area contributed by atoms with E-state index in [0.717, 1.165) is 24.3 Å². The second-order valence-corrected chi connectivity index (χ2v) is 6.22. The second kappa shape index (κ2) is 6.25. The fourth-order valence-electron chi connectivity index (χ4n) is 2.44. The van der Waals surface area contributed by atoms with E-state index in [1.54, 1.807) is 17.5 Å². The van der Waals surface area contributed by atoms with Gasteiger partial charge < -0.3 is 10.2 Å². The van der Waals surface area contributed by atoms with Crippen LogP contribution in [0.15, 0.2) is 53.9 Å². The van der Waals surface area contributed by atoms with Gasteiger partial charge in [0, 0.05) is 5.56 Å². The lowest BCUT2D eigenvalue weighted by molar-refractivity contribution is -0.137. The highest BCUT2D eigenvalue weighted by molar-refractivity contribution is 7.12. The van der Waals surface area contributed by atoms with Crippen molar-refractivity contribution < 1.29 is 28.2 Å². The molecule has 0 fully saturated rings. The van der Waals surface area contributed by atoms with Crippen LogP contribution in [-0.4, -0.2) is 16.0 Å². The fourth-order valence-corrected chi connectivity index (χ4v) is 3.13. The zero-order valence-corrected chi connectivity index (χ0v) is 13.4. The molecule has 3 rings (SSSR count). The predicted octanol–water partition coefficient (Wildman–Crippen LogP) is 5.08. The molecule has 0 aliphatic heterocycles. The molecular weight excluding hydrogens is 353 g/mol. The Morgan fingerprint density at radius 3 is 2.20 bits per heavy atom. The molecule has 1 heterocycles. The Labute approximate surface area is 144 Å². The van der Waals surface area contributed by atoms with Gasteiger partial charge in [0.1, 0.15) is 11.5 Å². The third kappa shape index (κ3) is 3.36. The summed E-state index contributed by atoms with van der Waals surface area (Å²) in [6.07, 6.45) is -4.55. The van der Waals surface area contributed by atoms with E-state index in [1.165, 1.54) is 23.5 Å². The Morgan fingerprint density at radius 2 is 1.64 bits per heavy atom. The Bertz CT molecular complexity index is 908. The zero-order valence-electron chi connectivity index (χ0n) is 12.5. The van der Waals surface area contributed by atoms with Gasteiger partial charge in [-0.1, -0.05) is 18.2 Å². The van der Waals surface area contributed by atoms with Gasteiger partial charge in [0.2, 0.25) is 5.78 Å². The van der Waals surface area contributed by atoms with Gasteiger partial charge in [0.25, 0.3) is 0 Å². The van der Waals surface area contributed by atoms with Crippen molar-refractivity contribution in [2.24, 2.45) is 0 Å². The third-order valence-electron chi connectivity index (χ3n) is 3.58. The Kier molecular flexibility index (Phi) is 4.26. The first-order valence-corrected chi connectivity index (χ1v) is 7.97.